The minimum Gasteiger partial charge on any atom is -0.496 e. The maximum Gasteiger partial charge on any atom is 0.309 e. The molecular weight excluding hydrogens is 274 g/mol. The smallest absolute Gasteiger partial charge is 0.309 e. The van der Waals surface area contributed by atoms with Crippen LogP contribution in [0.5, 0.6) is 5.75 Å². The molecule has 2 aliphatic rings. The fraction of sp³-hybridized carbons (Fsp3) is 0.533. The van der Waals surface area contributed by atoms with Gasteiger partial charge in [-0.2, -0.15) is 0 Å². The predicted octanol–water partition coefficient (Wildman–Crippen LogP) is 2.65. The summed E-state index contributed by atoms with van der Waals surface area (Å²) >= 11 is 0. The number of carboxylic acids is 1. The van der Waals surface area contributed by atoms with Gasteiger partial charge >= 0.3 is 5.97 Å². The quantitative estimate of drug-likeness (QED) is 0.665. The highest BCUT2D eigenvalue weighted by Gasteiger charge is 2.57. The molecule has 2 atom stereocenters. The van der Waals surface area contributed by atoms with E-state index in [2.05, 4.69) is 0 Å². The van der Waals surface area contributed by atoms with Gasteiger partial charge in [-0.15, -0.1) is 0 Å². The number of non-ortho nitro benzene ring substituents is 1. The number of aliphatic carboxylic acids is 1. The van der Waals surface area contributed by atoms with Crippen molar-refractivity contribution < 1.29 is 19.6 Å². The zero-order valence-electron chi connectivity index (χ0n) is 11.7. The normalized spacial score (nSPS) is 29.8. The molecule has 0 heterocycles. The van der Waals surface area contributed by atoms with Gasteiger partial charge in [0.2, 0.25) is 0 Å². The van der Waals surface area contributed by atoms with Crippen molar-refractivity contribution in [1.82, 2.24) is 0 Å². The Morgan fingerprint density at radius 3 is 2.67 bits per heavy atom. The van der Waals surface area contributed by atoms with Crippen molar-refractivity contribution in [2.75, 3.05) is 7.11 Å². The van der Waals surface area contributed by atoms with E-state index in [9.17, 15) is 20.0 Å². The Morgan fingerprint density at radius 2 is 2.14 bits per heavy atom. The molecule has 1 N–H and O–H groups in total. The van der Waals surface area contributed by atoms with Crippen molar-refractivity contribution in [2.24, 2.45) is 17.3 Å². The topological polar surface area (TPSA) is 89.7 Å². The van der Waals surface area contributed by atoms with Gasteiger partial charge in [-0.05, 0) is 43.6 Å². The molecule has 1 aromatic rings. The molecule has 2 aliphatic carbocycles. The number of carbonyl (C=O) groups is 1. The first-order chi connectivity index (χ1) is 9.95. The summed E-state index contributed by atoms with van der Waals surface area (Å²) in [5, 5.41) is 20.5. The molecule has 3 rings (SSSR count). The van der Waals surface area contributed by atoms with Gasteiger partial charge < -0.3 is 9.84 Å². The lowest BCUT2D eigenvalue weighted by atomic mass is 9.77. The van der Waals surface area contributed by atoms with E-state index in [1.54, 1.807) is 6.07 Å². The van der Waals surface area contributed by atoms with E-state index in [1.165, 1.54) is 19.2 Å². The number of benzene rings is 1. The molecule has 0 aliphatic heterocycles. The Hall–Kier alpha value is -2.11. The zero-order chi connectivity index (χ0) is 15.2. The van der Waals surface area contributed by atoms with Crippen LogP contribution in [0.2, 0.25) is 0 Å². The van der Waals surface area contributed by atoms with Gasteiger partial charge in [0.05, 0.1) is 17.4 Å². The van der Waals surface area contributed by atoms with E-state index >= 15 is 0 Å². The number of ether oxygens (including phenoxy) is 1. The van der Waals surface area contributed by atoms with Crippen LogP contribution in [-0.2, 0) is 11.2 Å². The van der Waals surface area contributed by atoms with Gasteiger partial charge in [-0.1, -0.05) is 0 Å². The average Bonchev–Trinajstić information content (AvgIpc) is 3.06. The zero-order valence-corrected chi connectivity index (χ0v) is 11.7. The first kappa shape index (κ1) is 13.9. The molecule has 0 amide bonds. The molecular formula is C15H17NO5. The number of nitro groups is 1. The summed E-state index contributed by atoms with van der Waals surface area (Å²) in [4.78, 5) is 22.2. The molecule has 6 nitrogen and oxygen atoms in total. The third-order valence-electron chi connectivity index (χ3n) is 4.83. The highest BCUT2D eigenvalue weighted by molar-refractivity contribution is 5.76. The third-order valence-corrected chi connectivity index (χ3v) is 4.83. The van der Waals surface area contributed by atoms with Crippen LogP contribution >= 0.6 is 0 Å². The molecule has 0 radical (unpaired) electrons. The predicted molar refractivity (Wildman–Crippen MR) is 74.3 cm³/mol. The number of carboxylic acid groups (broad SMARTS) is 1. The van der Waals surface area contributed by atoms with Crippen molar-refractivity contribution in [1.29, 1.82) is 0 Å². The number of rotatable bonds is 5. The molecule has 0 bridgehead atoms. The van der Waals surface area contributed by atoms with E-state index in [0.29, 0.717) is 42.4 Å². The largest absolute Gasteiger partial charge is 0.496 e. The molecule has 2 unspecified atom stereocenters. The average molecular weight is 291 g/mol. The highest BCUT2D eigenvalue weighted by atomic mass is 16.6. The lowest BCUT2D eigenvalue weighted by molar-refractivity contribution is -0.384. The lowest BCUT2D eigenvalue weighted by Gasteiger charge is -2.26. The minimum atomic E-state index is -0.803. The van der Waals surface area contributed by atoms with Crippen LogP contribution in [-0.4, -0.2) is 23.1 Å². The second kappa shape index (κ2) is 4.72. The maximum absolute atomic E-state index is 11.7. The molecule has 2 fully saturated rings. The minimum absolute atomic E-state index is 0.0329. The van der Waals surface area contributed by atoms with Crippen molar-refractivity contribution in [3.8, 4) is 5.75 Å². The first-order valence-electron chi connectivity index (χ1n) is 7.00. The molecule has 0 spiro atoms. The molecule has 0 aromatic heterocycles. The molecule has 1 aromatic carbocycles. The molecule has 6 heteroatoms. The summed E-state index contributed by atoms with van der Waals surface area (Å²) in [6.07, 6.45) is 2.75. The van der Waals surface area contributed by atoms with E-state index in [0.717, 1.165) is 6.42 Å². The fourth-order valence-electron chi connectivity index (χ4n) is 3.67. The molecule has 2 saturated carbocycles. The van der Waals surface area contributed by atoms with Crippen LogP contribution in [0.15, 0.2) is 18.2 Å². The highest BCUT2D eigenvalue weighted by Crippen LogP contribution is 2.61. The molecule has 0 saturated heterocycles. The van der Waals surface area contributed by atoms with Gasteiger partial charge in [-0.3, -0.25) is 14.9 Å². The standard InChI is InChI=1S/C15H17NO5/c1-21-13-3-2-12(16(19)20)5-11(13)8-15(14(17)18)6-9-4-10(9)7-15/h2-3,5,9-10H,4,6-8H2,1H3,(H,17,18). The Labute approximate surface area is 121 Å². The van der Waals surface area contributed by atoms with Crippen molar-refractivity contribution in [3.63, 3.8) is 0 Å². The summed E-state index contributed by atoms with van der Waals surface area (Å²) in [5.41, 5.74) is -0.222. The second-order valence-electron chi connectivity index (χ2n) is 6.18. The van der Waals surface area contributed by atoms with Crippen molar-refractivity contribution >= 4 is 11.7 Å². The van der Waals surface area contributed by atoms with E-state index < -0.39 is 16.3 Å². The number of methoxy groups -OCH3 is 1. The van der Waals surface area contributed by atoms with Gasteiger partial charge in [0.25, 0.3) is 5.69 Å². The third kappa shape index (κ3) is 2.34. The Kier molecular flexibility index (Phi) is 3.11. The number of nitrogens with zero attached hydrogens (tertiary/aromatic N) is 1. The van der Waals surface area contributed by atoms with Crippen molar-refractivity contribution in [3.05, 3.63) is 33.9 Å². The fourth-order valence-corrected chi connectivity index (χ4v) is 3.67. The van der Waals surface area contributed by atoms with E-state index in [1.807, 2.05) is 0 Å². The number of nitro benzene ring substituents is 1. The van der Waals surface area contributed by atoms with Gasteiger partial charge in [0.15, 0.2) is 0 Å². The number of hydrogen-bond donors (Lipinski definition) is 1. The Morgan fingerprint density at radius 1 is 1.48 bits per heavy atom. The van der Waals surface area contributed by atoms with Gasteiger partial charge in [0, 0.05) is 17.7 Å². The molecule has 21 heavy (non-hydrogen) atoms. The van der Waals surface area contributed by atoms with Crippen LogP contribution in [0.4, 0.5) is 5.69 Å². The van der Waals surface area contributed by atoms with Crippen LogP contribution in [0.3, 0.4) is 0 Å². The van der Waals surface area contributed by atoms with Crippen molar-refractivity contribution in [2.45, 2.75) is 25.7 Å². The Bertz CT molecular complexity index is 602. The summed E-state index contributed by atoms with van der Waals surface area (Å²) in [6.45, 7) is 0. The SMILES string of the molecule is COc1ccc([N+](=O)[O-])cc1CC1(C(=O)O)CC2CC2C1. The lowest BCUT2D eigenvalue weighted by Crippen LogP contribution is -2.32. The summed E-state index contributed by atoms with van der Waals surface area (Å²) in [7, 11) is 1.49. The number of fused-ring (bicyclic) bond motifs is 1. The van der Waals surface area contributed by atoms with Gasteiger partial charge in [-0.25, -0.2) is 0 Å². The summed E-state index contributed by atoms with van der Waals surface area (Å²) in [5.74, 6) is 0.752. The van der Waals surface area contributed by atoms with Crippen LogP contribution in [0.1, 0.15) is 24.8 Å². The van der Waals surface area contributed by atoms with E-state index in [-0.39, 0.29) is 5.69 Å². The first-order valence-corrected chi connectivity index (χ1v) is 7.00. The van der Waals surface area contributed by atoms with Gasteiger partial charge in [0.1, 0.15) is 5.75 Å². The monoisotopic (exact) mass is 291 g/mol. The van der Waals surface area contributed by atoms with Crippen LogP contribution in [0.25, 0.3) is 0 Å². The van der Waals surface area contributed by atoms with E-state index in [4.69, 9.17) is 4.74 Å². The second-order valence-corrected chi connectivity index (χ2v) is 6.18. The maximum atomic E-state index is 11.7. The number of hydrogen-bond acceptors (Lipinski definition) is 4. The van der Waals surface area contributed by atoms with Crippen LogP contribution in [0, 0.1) is 27.4 Å². The molecule has 112 valence electrons. The summed E-state index contributed by atoms with van der Waals surface area (Å²) < 4.78 is 5.24. The Balaban J connectivity index is 1.93. The van der Waals surface area contributed by atoms with Crippen LogP contribution < -0.4 is 4.74 Å². The summed E-state index contributed by atoms with van der Waals surface area (Å²) in [6, 6.07) is 4.36.